The van der Waals surface area contributed by atoms with Gasteiger partial charge in [0, 0.05) is 24.7 Å². The highest BCUT2D eigenvalue weighted by molar-refractivity contribution is 7.89. The molecule has 2 aromatic heterocycles. The molecule has 0 aliphatic rings. The van der Waals surface area contributed by atoms with Crippen molar-refractivity contribution in [3.8, 4) is 0 Å². The highest BCUT2D eigenvalue weighted by atomic mass is 32.2. The Labute approximate surface area is 178 Å². The second kappa shape index (κ2) is 8.25. The lowest BCUT2D eigenvalue weighted by Gasteiger charge is -2.16. The molecule has 11 heteroatoms. The number of fused-ring (bicyclic) bond motifs is 1. The van der Waals surface area contributed by atoms with Crippen LogP contribution in [0.25, 0.3) is 10.2 Å². The van der Waals surface area contributed by atoms with Gasteiger partial charge < -0.3 is 5.32 Å². The maximum atomic E-state index is 13.0. The number of hydrogen-bond acceptors (Lipinski definition) is 7. The number of nitrogens with one attached hydrogen (secondary N) is 1. The number of benzene rings is 1. The number of hydrogen-bond donors (Lipinski definition) is 1. The number of amides is 1. The number of aryl methyl sites for hydroxylation is 2. The molecule has 0 spiro atoms. The van der Waals surface area contributed by atoms with Gasteiger partial charge in [-0.2, -0.15) is 4.68 Å². The molecule has 9 nitrogen and oxygen atoms in total. The Balaban J connectivity index is 1.89. The van der Waals surface area contributed by atoms with Crippen molar-refractivity contribution in [2.24, 2.45) is 0 Å². The van der Waals surface area contributed by atoms with Gasteiger partial charge in [-0.15, -0.1) is 16.4 Å². The largest absolute Gasteiger partial charge is 0.324 e. The van der Waals surface area contributed by atoms with Gasteiger partial charge in [0.1, 0.15) is 6.04 Å². The lowest BCUT2D eigenvalue weighted by Crippen LogP contribution is -2.35. The minimum atomic E-state index is -3.56. The number of nitrogens with zero attached hydrogens (tertiary/aromatic N) is 4. The SMILES string of the molecule is CCC(C(=O)Nc1ccc(S(=O)(=O)N(C)C)cc1)n1nnc2sc(C)c(C)c2c1=O. The molecule has 1 atom stereocenters. The fourth-order valence-electron chi connectivity index (χ4n) is 3.00. The Hall–Kier alpha value is -2.63. The Morgan fingerprint density at radius 3 is 2.43 bits per heavy atom. The normalized spacial score (nSPS) is 13.0. The molecule has 1 N–H and O–H groups in total. The zero-order chi connectivity index (χ0) is 22.2. The average Bonchev–Trinajstić information content (AvgIpc) is 2.99. The second-order valence-corrected chi connectivity index (χ2v) is 10.4. The maximum absolute atomic E-state index is 13.0. The molecule has 3 aromatic rings. The van der Waals surface area contributed by atoms with Crippen LogP contribution in [0, 0.1) is 13.8 Å². The van der Waals surface area contributed by atoms with Crippen molar-refractivity contribution >= 4 is 43.2 Å². The van der Waals surface area contributed by atoms with Crippen LogP contribution >= 0.6 is 11.3 Å². The van der Waals surface area contributed by atoms with E-state index in [1.165, 1.54) is 49.7 Å². The zero-order valence-electron chi connectivity index (χ0n) is 17.3. The number of aromatic nitrogens is 3. The van der Waals surface area contributed by atoms with Crippen LogP contribution in [-0.4, -0.2) is 47.7 Å². The minimum Gasteiger partial charge on any atom is -0.324 e. The van der Waals surface area contributed by atoms with Crippen LogP contribution in [0.2, 0.25) is 0 Å². The lowest BCUT2D eigenvalue weighted by atomic mass is 10.2. The summed E-state index contributed by atoms with van der Waals surface area (Å²) in [6.07, 6.45) is 0.335. The van der Waals surface area contributed by atoms with Crippen molar-refractivity contribution in [1.29, 1.82) is 0 Å². The van der Waals surface area contributed by atoms with E-state index in [4.69, 9.17) is 0 Å². The van der Waals surface area contributed by atoms with Crippen LogP contribution in [0.3, 0.4) is 0 Å². The van der Waals surface area contributed by atoms with E-state index >= 15 is 0 Å². The summed E-state index contributed by atoms with van der Waals surface area (Å²) >= 11 is 1.40. The van der Waals surface area contributed by atoms with Gasteiger partial charge in [-0.25, -0.2) is 12.7 Å². The van der Waals surface area contributed by atoms with E-state index in [9.17, 15) is 18.0 Å². The molecule has 0 radical (unpaired) electrons. The minimum absolute atomic E-state index is 0.119. The Morgan fingerprint density at radius 2 is 1.87 bits per heavy atom. The fraction of sp³-hybridized carbons (Fsp3) is 0.368. The Bertz CT molecular complexity index is 1260. The van der Waals surface area contributed by atoms with Gasteiger partial charge >= 0.3 is 0 Å². The third-order valence-electron chi connectivity index (χ3n) is 4.91. The van der Waals surface area contributed by atoms with Crippen molar-refractivity contribution in [2.45, 2.75) is 38.1 Å². The van der Waals surface area contributed by atoms with E-state index in [1.807, 2.05) is 13.8 Å². The molecule has 0 aliphatic carbocycles. The van der Waals surface area contributed by atoms with Crippen LogP contribution in [0.4, 0.5) is 5.69 Å². The van der Waals surface area contributed by atoms with Crippen LogP contribution < -0.4 is 10.9 Å². The topological polar surface area (TPSA) is 114 Å². The zero-order valence-corrected chi connectivity index (χ0v) is 19.0. The molecule has 0 saturated heterocycles. The summed E-state index contributed by atoms with van der Waals surface area (Å²) in [5.41, 5.74) is 0.911. The van der Waals surface area contributed by atoms with Crippen LogP contribution in [0.15, 0.2) is 34.0 Å². The third-order valence-corrected chi connectivity index (χ3v) is 7.83. The van der Waals surface area contributed by atoms with Crippen LogP contribution in [-0.2, 0) is 14.8 Å². The van der Waals surface area contributed by atoms with Gasteiger partial charge in [0.2, 0.25) is 15.9 Å². The van der Waals surface area contributed by atoms with E-state index in [0.717, 1.165) is 19.4 Å². The quantitative estimate of drug-likeness (QED) is 0.618. The molecular weight excluding hydrogens is 426 g/mol. The summed E-state index contributed by atoms with van der Waals surface area (Å²) in [6.45, 7) is 5.54. The van der Waals surface area contributed by atoms with Gasteiger partial charge in [0.05, 0.1) is 10.3 Å². The summed E-state index contributed by atoms with van der Waals surface area (Å²) in [5.74, 6) is -0.430. The number of sulfonamides is 1. The van der Waals surface area contributed by atoms with E-state index < -0.39 is 22.0 Å². The average molecular weight is 450 g/mol. The number of carbonyl (C=O) groups excluding carboxylic acids is 1. The van der Waals surface area contributed by atoms with Gasteiger partial charge in [-0.3, -0.25) is 9.59 Å². The van der Waals surface area contributed by atoms with E-state index in [0.29, 0.717) is 22.3 Å². The van der Waals surface area contributed by atoms with Crippen LogP contribution in [0.1, 0.15) is 29.8 Å². The molecule has 30 heavy (non-hydrogen) atoms. The van der Waals surface area contributed by atoms with E-state index in [1.54, 1.807) is 6.92 Å². The first-order chi connectivity index (χ1) is 14.1. The van der Waals surface area contributed by atoms with Gasteiger partial charge in [0.25, 0.3) is 5.56 Å². The number of carbonyl (C=O) groups is 1. The van der Waals surface area contributed by atoms with Crippen molar-refractivity contribution in [2.75, 3.05) is 19.4 Å². The molecule has 2 heterocycles. The van der Waals surface area contributed by atoms with E-state index in [-0.39, 0.29) is 10.5 Å². The second-order valence-electron chi connectivity index (χ2n) is 7.03. The first-order valence-corrected chi connectivity index (χ1v) is 11.5. The first-order valence-electron chi connectivity index (χ1n) is 9.26. The smallest absolute Gasteiger partial charge is 0.279 e. The third kappa shape index (κ3) is 3.87. The molecule has 1 amide bonds. The molecule has 1 unspecified atom stereocenters. The molecule has 0 fully saturated rings. The molecule has 1 aromatic carbocycles. The van der Waals surface area contributed by atoms with Crippen molar-refractivity contribution in [3.63, 3.8) is 0 Å². The van der Waals surface area contributed by atoms with Crippen LogP contribution in [0.5, 0.6) is 0 Å². The predicted octanol–water partition coefficient (Wildman–Crippen LogP) is 2.31. The number of anilines is 1. The molecule has 160 valence electrons. The predicted molar refractivity (Wildman–Crippen MR) is 116 cm³/mol. The highest BCUT2D eigenvalue weighted by Gasteiger charge is 2.24. The Kier molecular flexibility index (Phi) is 6.06. The monoisotopic (exact) mass is 449 g/mol. The van der Waals surface area contributed by atoms with Crippen molar-refractivity contribution < 1.29 is 13.2 Å². The molecule has 0 bridgehead atoms. The first kappa shape index (κ1) is 22.1. The maximum Gasteiger partial charge on any atom is 0.279 e. The summed E-state index contributed by atoms with van der Waals surface area (Å²) in [4.78, 5) is 27.5. The van der Waals surface area contributed by atoms with Gasteiger partial charge in [0.15, 0.2) is 4.83 Å². The molecule has 3 rings (SSSR count). The van der Waals surface area contributed by atoms with Crippen molar-refractivity contribution in [3.05, 3.63) is 45.1 Å². The number of thiophene rings is 1. The summed E-state index contributed by atoms with van der Waals surface area (Å²) in [6, 6.07) is 5.00. The van der Waals surface area contributed by atoms with Gasteiger partial charge in [-0.05, 0) is 50.1 Å². The van der Waals surface area contributed by atoms with E-state index in [2.05, 4.69) is 15.6 Å². The van der Waals surface area contributed by atoms with Gasteiger partial charge in [-0.1, -0.05) is 12.1 Å². The number of rotatable bonds is 6. The highest BCUT2D eigenvalue weighted by Crippen LogP contribution is 2.26. The molecular formula is C19H23N5O4S2. The Morgan fingerprint density at radius 1 is 1.23 bits per heavy atom. The summed E-state index contributed by atoms with van der Waals surface area (Å²) in [5, 5.41) is 11.3. The van der Waals surface area contributed by atoms with Crippen molar-refractivity contribution in [1.82, 2.24) is 19.3 Å². The molecule has 0 aliphatic heterocycles. The fourth-order valence-corrected chi connectivity index (χ4v) is 4.86. The summed E-state index contributed by atoms with van der Waals surface area (Å²) in [7, 11) is -0.662. The standard InChI is InChI=1S/C19H23N5O4S2/c1-6-15(24-19(26)16-11(2)12(3)29-18(16)21-22-24)17(25)20-13-7-9-14(10-8-13)30(27,28)23(4)5/h7-10,15H,6H2,1-5H3,(H,20,25). The summed E-state index contributed by atoms with van der Waals surface area (Å²) < 4.78 is 26.6. The molecule has 0 saturated carbocycles. The lowest BCUT2D eigenvalue weighted by molar-refractivity contribution is -0.119.